The van der Waals surface area contributed by atoms with Gasteiger partial charge in [-0.15, -0.1) is 0 Å². The van der Waals surface area contributed by atoms with Crippen LogP contribution >= 0.6 is 15.9 Å². The minimum absolute atomic E-state index is 0.233. The Morgan fingerprint density at radius 1 is 0.800 bits per heavy atom. The van der Waals surface area contributed by atoms with Crippen LogP contribution in [0.1, 0.15) is 26.3 Å². The fraction of sp³-hybridized carbons (Fsp3) is 0. The van der Waals surface area contributed by atoms with E-state index in [2.05, 4.69) is 15.9 Å². The molecule has 0 N–H and O–H groups in total. The highest BCUT2D eigenvalue weighted by Gasteiger charge is 2.13. The van der Waals surface area contributed by atoms with Crippen molar-refractivity contribution >= 4 is 27.7 Å². The number of carbonyl (C=O) groups is 2. The Hall–Kier alpha value is -2.79. The largest absolute Gasteiger partial charge is 0.423 e. The van der Waals surface area contributed by atoms with Gasteiger partial charge in [-0.05, 0) is 76.6 Å². The second-order valence-electron chi connectivity index (χ2n) is 5.23. The van der Waals surface area contributed by atoms with Gasteiger partial charge in [-0.3, -0.25) is 4.79 Å². The van der Waals surface area contributed by atoms with Gasteiger partial charge in [-0.1, -0.05) is 12.1 Å². The zero-order valence-electron chi connectivity index (χ0n) is 12.9. The molecule has 124 valence electrons. The van der Waals surface area contributed by atoms with Crippen LogP contribution in [0.15, 0.2) is 77.3 Å². The topological polar surface area (TPSA) is 43.4 Å². The summed E-state index contributed by atoms with van der Waals surface area (Å²) in [6.07, 6.45) is 0. The van der Waals surface area contributed by atoms with Crippen molar-refractivity contribution in [2.75, 3.05) is 0 Å². The highest BCUT2D eigenvalue weighted by Crippen LogP contribution is 2.20. The molecular weight excluding hydrogens is 387 g/mol. The molecule has 0 heterocycles. The van der Waals surface area contributed by atoms with Gasteiger partial charge < -0.3 is 4.74 Å². The highest BCUT2D eigenvalue weighted by atomic mass is 79.9. The molecule has 0 aromatic heterocycles. The van der Waals surface area contributed by atoms with E-state index in [0.29, 0.717) is 26.9 Å². The predicted octanol–water partition coefficient (Wildman–Crippen LogP) is 5.04. The van der Waals surface area contributed by atoms with E-state index in [0.717, 1.165) is 0 Å². The monoisotopic (exact) mass is 398 g/mol. The summed E-state index contributed by atoms with van der Waals surface area (Å²) < 4.78 is 18.9. The third kappa shape index (κ3) is 4.00. The zero-order chi connectivity index (χ0) is 17.8. The van der Waals surface area contributed by atoms with Gasteiger partial charge in [0.05, 0.1) is 5.56 Å². The van der Waals surface area contributed by atoms with Gasteiger partial charge in [-0.25, -0.2) is 9.18 Å². The Morgan fingerprint density at radius 3 is 1.96 bits per heavy atom. The van der Waals surface area contributed by atoms with Crippen molar-refractivity contribution in [2.24, 2.45) is 0 Å². The Labute approximate surface area is 152 Å². The van der Waals surface area contributed by atoms with Gasteiger partial charge in [0.25, 0.3) is 0 Å². The van der Waals surface area contributed by atoms with Gasteiger partial charge in [-0.2, -0.15) is 0 Å². The van der Waals surface area contributed by atoms with Crippen LogP contribution in [0.4, 0.5) is 4.39 Å². The molecule has 0 aliphatic rings. The average Bonchev–Trinajstić information content (AvgIpc) is 2.63. The number of ether oxygens (including phenoxy) is 1. The summed E-state index contributed by atoms with van der Waals surface area (Å²) in [5.41, 5.74) is 1.22. The van der Waals surface area contributed by atoms with Crippen LogP contribution in [-0.2, 0) is 0 Å². The summed E-state index contributed by atoms with van der Waals surface area (Å²) in [4.78, 5) is 24.5. The van der Waals surface area contributed by atoms with E-state index in [1.165, 1.54) is 24.3 Å². The lowest BCUT2D eigenvalue weighted by Gasteiger charge is -2.07. The minimum Gasteiger partial charge on any atom is -0.423 e. The first-order valence-electron chi connectivity index (χ1n) is 7.41. The molecule has 3 rings (SSSR count). The lowest BCUT2D eigenvalue weighted by molar-refractivity contribution is 0.0733. The van der Waals surface area contributed by atoms with Crippen molar-refractivity contribution in [1.82, 2.24) is 0 Å². The van der Waals surface area contributed by atoms with Gasteiger partial charge in [0.1, 0.15) is 11.6 Å². The number of carbonyl (C=O) groups excluding carboxylic acids is 2. The van der Waals surface area contributed by atoms with Crippen molar-refractivity contribution < 1.29 is 18.7 Å². The molecule has 3 aromatic carbocycles. The zero-order valence-corrected chi connectivity index (χ0v) is 14.5. The van der Waals surface area contributed by atoms with E-state index in [1.54, 1.807) is 48.5 Å². The molecule has 5 heteroatoms. The molecular formula is C20H12BrFO3. The fourth-order valence-corrected chi connectivity index (χ4v) is 2.68. The molecule has 0 unspecified atom stereocenters. The molecule has 0 bridgehead atoms. The maximum Gasteiger partial charge on any atom is 0.344 e. The summed E-state index contributed by atoms with van der Waals surface area (Å²) in [7, 11) is 0. The number of benzene rings is 3. The third-order valence-electron chi connectivity index (χ3n) is 3.53. The van der Waals surface area contributed by atoms with Crippen LogP contribution < -0.4 is 4.74 Å². The first-order valence-corrected chi connectivity index (χ1v) is 8.21. The van der Waals surface area contributed by atoms with Crippen LogP contribution in [0, 0.1) is 5.82 Å². The Kier molecular flexibility index (Phi) is 5.05. The van der Waals surface area contributed by atoms with Crippen molar-refractivity contribution in [3.63, 3.8) is 0 Å². The molecule has 25 heavy (non-hydrogen) atoms. The molecule has 3 nitrogen and oxygen atoms in total. The van der Waals surface area contributed by atoms with Crippen LogP contribution in [0.3, 0.4) is 0 Å². The molecule has 0 aliphatic carbocycles. The standard InChI is InChI=1S/C20H12BrFO3/c21-18-4-2-1-3-17(18)20(24)25-16-11-7-14(8-12-16)19(23)13-5-9-15(22)10-6-13/h1-12H. The molecule has 0 amide bonds. The van der Waals surface area contributed by atoms with Gasteiger partial charge in [0.15, 0.2) is 5.78 Å². The van der Waals surface area contributed by atoms with E-state index in [-0.39, 0.29) is 5.78 Å². The summed E-state index contributed by atoms with van der Waals surface area (Å²) in [6, 6.07) is 18.5. The fourth-order valence-electron chi connectivity index (χ4n) is 2.23. The molecule has 0 saturated carbocycles. The minimum atomic E-state index is -0.495. The lowest BCUT2D eigenvalue weighted by atomic mass is 10.0. The Bertz CT molecular complexity index is 918. The smallest absolute Gasteiger partial charge is 0.344 e. The van der Waals surface area contributed by atoms with Gasteiger partial charge in [0, 0.05) is 15.6 Å². The molecule has 0 atom stereocenters. The third-order valence-corrected chi connectivity index (χ3v) is 4.22. The normalized spacial score (nSPS) is 10.3. The quantitative estimate of drug-likeness (QED) is 0.351. The second kappa shape index (κ2) is 7.40. The van der Waals surface area contributed by atoms with E-state index in [4.69, 9.17) is 4.74 Å². The summed E-state index contributed by atoms with van der Waals surface area (Å²) in [5, 5.41) is 0. The Balaban J connectivity index is 1.74. The first kappa shape index (κ1) is 17.0. The van der Waals surface area contributed by atoms with Crippen LogP contribution in [0.2, 0.25) is 0 Å². The van der Waals surface area contributed by atoms with E-state index in [1.807, 2.05) is 0 Å². The maximum absolute atomic E-state index is 12.9. The summed E-state index contributed by atoms with van der Waals surface area (Å²) in [5.74, 6) is -0.795. The SMILES string of the molecule is O=C(c1ccc(F)cc1)c1ccc(OC(=O)c2ccccc2Br)cc1. The van der Waals surface area contributed by atoms with Crippen molar-refractivity contribution in [2.45, 2.75) is 0 Å². The van der Waals surface area contributed by atoms with Crippen molar-refractivity contribution in [3.8, 4) is 5.75 Å². The maximum atomic E-state index is 12.9. The summed E-state index contributed by atoms with van der Waals surface area (Å²) in [6.45, 7) is 0. The van der Waals surface area contributed by atoms with Gasteiger partial charge >= 0.3 is 5.97 Å². The average molecular weight is 399 g/mol. The molecule has 3 aromatic rings. The van der Waals surface area contributed by atoms with E-state index < -0.39 is 11.8 Å². The number of esters is 1. The first-order chi connectivity index (χ1) is 12.0. The van der Waals surface area contributed by atoms with E-state index >= 15 is 0 Å². The highest BCUT2D eigenvalue weighted by molar-refractivity contribution is 9.10. The molecule has 0 radical (unpaired) electrons. The van der Waals surface area contributed by atoms with Crippen molar-refractivity contribution in [3.05, 3.63) is 99.8 Å². The number of hydrogen-bond acceptors (Lipinski definition) is 3. The van der Waals surface area contributed by atoms with Crippen LogP contribution in [0.25, 0.3) is 0 Å². The molecule has 0 saturated heterocycles. The molecule has 0 spiro atoms. The van der Waals surface area contributed by atoms with Crippen molar-refractivity contribution in [1.29, 1.82) is 0 Å². The van der Waals surface area contributed by atoms with Crippen LogP contribution in [0.5, 0.6) is 5.75 Å². The molecule has 0 aliphatic heterocycles. The predicted molar refractivity (Wildman–Crippen MR) is 95.4 cm³/mol. The lowest BCUT2D eigenvalue weighted by Crippen LogP contribution is -2.09. The molecule has 0 fully saturated rings. The summed E-state index contributed by atoms with van der Waals surface area (Å²) >= 11 is 3.30. The number of ketones is 1. The van der Waals surface area contributed by atoms with Crippen LogP contribution in [-0.4, -0.2) is 11.8 Å². The number of halogens is 2. The van der Waals surface area contributed by atoms with E-state index in [9.17, 15) is 14.0 Å². The number of hydrogen-bond donors (Lipinski definition) is 0. The van der Waals surface area contributed by atoms with Gasteiger partial charge in [0.2, 0.25) is 0 Å². The number of rotatable bonds is 4. The Morgan fingerprint density at radius 2 is 1.36 bits per heavy atom. The second-order valence-corrected chi connectivity index (χ2v) is 6.08.